The lowest BCUT2D eigenvalue weighted by molar-refractivity contribution is -0.129. The number of hydroxylamine groups is 1. The molecule has 9 nitrogen and oxygen atoms in total. The summed E-state index contributed by atoms with van der Waals surface area (Å²) >= 11 is 12.4. The minimum Gasteiger partial charge on any atom is -0.338 e. The van der Waals surface area contributed by atoms with Crippen molar-refractivity contribution in [3.63, 3.8) is 0 Å². The first-order valence-electron chi connectivity index (χ1n) is 9.81. The van der Waals surface area contributed by atoms with Crippen LogP contribution in [0.5, 0.6) is 0 Å². The topological polar surface area (TPSA) is 117 Å². The number of nitrogens with one attached hydrogen (secondary N) is 3. The van der Waals surface area contributed by atoms with Gasteiger partial charge in [-0.2, -0.15) is 10.1 Å². The van der Waals surface area contributed by atoms with Crippen LogP contribution in [0.15, 0.2) is 42.9 Å². The molecule has 0 radical (unpaired) electrons. The Bertz CT molecular complexity index is 1010. The van der Waals surface area contributed by atoms with Crippen LogP contribution in [0, 0.1) is 0 Å². The molecule has 31 heavy (non-hydrogen) atoms. The van der Waals surface area contributed by atoms with Gasteiger partial charge in [0, 0.05) is 19.2 Å². The Labute approximate surface area is 189 Å². The Balaban J connectivity index is 1.51. The third kappa shape index (κ3) is 7.09. The van der Waals surface area contributed by atoms with Crippen LogP contribution in [0.4, 0.5) is 23.1 Å². The van der Waals surface area contributed by atoms with Crippen LogP contribution in [0.3, 0.4) is 0 Å². The van der Waals surface area contributed by atoms with Crippen molar-refractivity contribution in [2.75, 3.05) is 10.6 Å². The van der Waals surface area contributed by atoms with E-state index in [2.05, 4.69) is 25.7 Å². The highest BCUT2D eigenvalue weighted by atomic mass is 35.5. The van der Waals surface area contributed by atoms with Crippen LogP contribution in [0.1, 0.15) is 32.1 Å². The van der Waals surface area contributed by atoms with Gasteiger partial charge in [0.1, 0.15) is 5.02 Å². The molecule has 0 aliphatic carbocycles. The highest BCUT2D eigenvalue weighted by molar-refractivity contribution is 6.34. The van der Waals surface area contributed by atoms with E-state index < -0.39 is 0 Å². The number of aryl methyl sites for hydroxylation is 1. The van der Waals surface area contributed by atoms with E-state index in [-0.39, 0.29) is 5.91 Å². The molecule has 1 amide bonds. The lowest BCUT2D eigenvalue weighted by atomic mass is 10.1. The largest absolute Gasteiger partial charge is 0.338 e. The standard InChI is InChI=1S/C20H23Cl2N7O2/c21-15-7-4-5-8-17(15)26-19-16(22)12-23-20(27-19)25-14-11-24-29(13-14)10-6-2-1-3-9-18(30)28-31/h4-5,7-8,11-13,31H,1-3,6,9-10H2,(H,28,30)(H2,23,25,26,27). The summed E-state index contributed by atoms with van der Waals surface area (Å²) in [5.74, 6) is 0.465. The molecule has 11 heteroatoms. The van der Waals surface area contributed by atoms with Crippen molar-refractivity contribution in [3.05, 3.63) is 52.9 Å². The number of anilines is 4. The molecule has 3 rings (SSSR count). The van der Waals surface area contributed by atoms with Crippen LogP contribution in [-0.4, -0.2) is 30.9 Å². The van der Waals surface area contributed by atoms with E-state index in [1.165, 1.54) is 6.20 Å². The number of hydrogen-bond donors (Lipinski definition) is 4. The summed E-state index contributed by atoms with van der Waals surface area (Å²) in [7, 11) is 0. The number of unbranched alkanes of at least 4 members (excludes halogenated alkanes) is 3. The Morgan fingerprint density at radius 3 is 2.65 bits per heavy atom. The first-order chi connectivity index (χ1) is 15.0. The second-order valence-electron chi connectivity index (χ2n) is 6.81. The summed E-state index contributed by atoms with van der Waals surface area (Å²) in [5.41, 5.74) is 3.09. The maximum Gasteiger partial charge on any atom is 0.243 e. The molecule has 0 aliphatic heterocycles. The summed E-state index contributed by atoms with van der Waals surface area (Å²) in [4.78, 5) is 19.6. The number of carbonyl (C=O) groups excluding carboxylic acids is 1. The van der Waals surface area contributed by atoms with Crippen molar-refractivity contribution in [3.8, 4) is 0 Å². The Morgan fingerprint density at radius 2 is 1.84 bits per heavy atom. The number of amides is 1. The first-order valence-corrected chi connectivity index (χ1v) is 10.6. The van der Waals surface area contributed by atoms with Crippen molar-refractivity contribution < 1.29 is 10.0 Å². The second-order valence-corrected chi connectivity index (χ2v) is 7.63. The number of hydrogen-bond acceptors (Lipinski definition) is 7. The third-order valence-corrected chi connectivity index (χ3v) is 5.03. The first kappa shape index (κ1) is 22.8. The molecule has 4 N–H and O–H groups in total. The molecular formula is C20H23Cl2N7O2. The number of para-hydroxylation sites is 1. The fraction of sp³-hybridized carbons (Fsp3) is 0.300. The van der Waals surface area contributed by atoms with Crippen LogP contribution in [-0.2, 0) is 11.3 Å². The van der Waals surface area contributed by atoms with E-state index in [1.54, 1.807) is 17.7 Å². The summed E-state index contributed by atoms with van der Waals surface area (Å²) < 4.78 is 1.83. The molecule has 2 heterocycles. The lowest BCUT2D eigenvalue weighted by Crippen LogP contribution is -2.17. The highest BCUT2D eigenvalue weighted by Crippen LogP contribution is 2.28. The highest BCUT2D eigenvalue weighted by Gasteiger charge is 2.09. The number of benzene rings is 1. The van der Waals surface area contributed by atoms with Crippen LogP contribution >= 0.6 is 23.2 Å². The van der Waals surface area contributed by atoms with E-state index >= 15 is 0 Å². The smallest absolute Gasteiger partial charge is 0.243 e. The molecule has 0 bridgehead atoms. The zero-order valence-corrected chi connectivity index (χ0v) is 18.2. The van der Waals surface area contributed by atoms with Gasteiger partial charge in [0.05, 0.1) is 28.8 Å². The van der Waals surface area contributed by atoms with Gasteiger partial charge in [0.25, 0.3) is 0 Å². The predicted octanol–water partition coefficient (Wildman–Crippen LogP) is 4.92. The molecule has 1 aromatic carbocycles. The predicted molar refractivity (Wildman–Crippen MR) is 120 cm³/mol. The van der Waals surface area contributed by atoms with Crippen LogP contribution in [0.25, 0.3) is 0 Å². The molecule has 3 aromatic rings. The van der Waals surface area contributed by atoms with Gasteiger partial charge in [0.2, 0.25) is 11.9 Å². The van der Waals surface area contributed by atoms with Gasteiger partial charge in [-0.15, -0.1) is 0 Å². The maximum absolute atomic E-state index is 11.0. The van der Waals surface area contributed by atoms with Crippen molar-refractivity contribution in [1.29, 1.82) is 0 Å². The summed E-state index contributed by atoms with van der Waals surface area (Å²) in [5, 5.41) is 20.0. The average molecular weight is 464 g/mol. The maximum atomic E-state index is 11.0. The normalized spacial score (nSPS) is 10.7. The third-order valence-electron chi connectivity index (χ3n) is 4.43. The molecule has 0 aliphatic rings. The SMILES string of the molecule is O=C(CCCCCCn1cc(Nc2ncc(Cl)c(Nc3ccccc3Cl)n2)cn1)NO. The number of carbonyl (C=O) groups is 1. The van der Waals surface area contributed by atoms with E-state index in [9.17, 15) is 4.79 Å². The Hall–Kier alpha value is -2.88. The van der Waals surface area contributed by atoms with Gasteiger partial charge in [0.15, 0.2) is 5.82 Å². The van der Waals surface area contributed by atoms with Crippen molar-refractivity contribution in [2.45, 2.75) is 38.6 Å². The van der Waals surface area contributed by atoms with Gasteiger partial charge in [-0.05, 0) is 25.0 Å². The van der Waals surface area contributed by atoms with E-state index in [0.29, 0.717) is 33.9 Å². The van der Waals surface area contributed by atoms with E-state index in [0.717, 1.165) is 37.9 Å². The minimum absolute atomic E-state index is 0.334. The molecule has 0 saturated carbocycles. The average Bonchev–Trinajstić information content (AvgIpc) is 3.21. The molecule has 164 valence electrons. The molecule has 0 fully saturated rings. The fourth-order valence-corrected chi connectivity index (χ4v) is 3.17. The number of aromatic nitrogens is 4. The fourth-order valence-electron chi connectivity index (χ4n) is 2.85. The van der Waals surface area contributed by atoms with Gasteiger partial charge < -0.3 is 10.6 Å². The van der Waals surface area contributed by atoms with E-state index in [1.807, 2.05) is 29.1 Å². The van der Waals surface area contributed by atoms with Crippen LogP contribution < -0.4 is 16.1 Å². The number of halogens is 2. The number of rotatable bonds is 11. The summed E-state index contributed by atoms with van der Waals surface area (Å²) in [6.45, 7) is 0.759. The molecule has 2 aromatic heterocycles. The lowest BCUT2D eigenvalue weighted by Gasteiger charge is -2.10. The zero-order valence-electron chi connectivity index (χ0n) is 16.7. The molecule has 0 saturated heterocycles. The van der Waals surface area contributed by atoms with Gasteiger partial charge in [-0.3, -0.25) is 14.7 Å². The number of nitrogens with zero attached hydrogens (tertiary/aromatic N) is 4. The summed E-state index contributed by atoms with van der Waals surface area (Å²) in [6, 6.07) is 7.32. The van der Waals surface area contributed by atoms with Crippen LogP contribution in [0.2, 0.25) is 10.0 Å². The Kier molecular flexibility index (Phi) is 8.45. The second kappa shape index (κ2) is 11.5. The van der Waals surface area contributed by atoms with Crippen molar-refractivity contribution in [1.82, 2.24) is 25.2 Å². The monoisotopic (exact) mass is 463 g/mol. The van der Waals surface area contributed by atoms with Gasteiger partial charge in [-0.1, -0.05) is 48.2 Å². The quantitative estimate of drug-likeness (QED) is 0.181. The van der Waals surface area contributed by atoms with Crippen molar-refractivity contribution in [2.24, 2.45) is 0 Å². The zero-order chi connectivity index (χ0) is 22.1. The molecule has 0 unspecified atom stereocenters. The minimum atomic E-state index is -0.350. The van der Waals surface area contributed by atoms with Gasteiger partial charge in [-0.25, -0.2) is 10.5 Å². The Morgan fingerprint density at radius 1 is 1.03 bits per heavy atom. The molecule has 0 spiro atoms. The van der Waals surface area contributed by atoms with Crippen molar-refractivity contribution >= 4 is 52.3 Å². The molecular weight excluding hydrogens is 441 g/mol. The molecule has 0 atom stereocenters. The summed E-state index contributed by atoms with van der Waals surface area (Å²) in [6.07, 6.45) is 8.99. The van der Waals surface area contributed by atoms with Gasteiger partial charge >= 0.3 is 0 Å². The van der Waals surface area contributed by atoms with E-state index in [4.69, 9.17) is 28.4 Å².